The number of hydrogen-bond donors (Lipinski definition) is 1. The number of rotatable bonds is 5. The van der Waals surface area contributed by atoms with Crippen LogP contribution in [0.25, 0.3) is 16.9 Å². The number of pyridine rings is 1. The number of nitrogens with zero attached hydrogens (tertiary/aromatic N) is 6. The molecule has 0 aliphatic carbocycles. The maximum atomic E-state index is 13.1. The minimum Gasteiger partial charge on any atom is -0.366 e. The Morgan fingerprint density at radius 3 is 2.35 bits per heavy atom. The third kappa shape index (κ3) is 3.71. The van der Waals surface area contributed by atoms with E-state index < -0.39 is 5.91 Å². The smallest absolute Gasteiger partial charge is 0.350 e. The summed E-state index contributed by atoms with van der Waals surface area (Å²) in [7, 11) is 1.60. The molecule has 2 N–H and O–H groups in total. The Morgan fingerprint density at radius 1 is 0.912 bits per heavy atom. The normalized spacial score (nSPS) is 13.5. The van der Waals surface area contributed by atoms with Crippen molar-refractivity contribution in [3.8, 4) is 16.9 Å². The van der Waals surface area contributed by atoms with Gasteiger partial charge in [-0.3, -0.25) is 14.6 Å². The van der Waals surface area contributed by atoms with E-state index in [4.69, 9.17) is 10.7 Å². The number of aryl methyl sites for hydroxylation is 1. The molecule has 0 spiro atoms. The van der Waals surface area contributed by atoms with Gasteiger partial charge in [0.05, 0.1) is 11.4 Å². The van der Waals surface area contributed by atoms with Gasteiger partial charge in [-0.2, -0.15) is 5.10 Å². The molecule has 0 atom stereocenters. The van der Waals surface area contributed by atoms with Gasteiger partial charge in [0.2, 0.25) is 5.91 Å². The Morgan fingerprint density at radius 2 is 1.65 bits per heavy atom. The summed E-state index contributed by atoms with van der Waals surface area (Å²) in [6.45, 7) is 0.917. The van der Waals surface area contributed by atoms with E-state index in [0.717, 1.165) is 5.56 Å². The minimum atomic E-state index is -0.542. The van der Waals surface area contributed by atoms with Crippen LogP contribution in [0.1, 0.15) is 10.4 Å². The Hall–Kier alpha value is -4.73. The van der Waals surface area contributed by atoms with Crippen LogP contribution >= 0.6 is 0 Å². The molecule has 1 aliphatic heterocycles. The van der Waals surface area contributed by atoms with Crippen molar-refractivity contribution < 1.29 is 9.59 Å². The lowest BCUT2D eigenvalue weighted by molar-refractivity contribution is 0.1000. The van der Waals surface area contributed by atoms with Gasteiger partial charge >= 0.3 is 11.7 Å². The molecule has 170 valence electrons. The summed E-state index contributed by atoms with van der Waals surface area (Å²) in [5.41, 5.74) is 8.35. The number of anilines is 2. The highest BCUT2D eigenvalue weighted by Crippen LogP contribution is 2.27. The molecule has 10 nitrogen and oxygen atoms in total. The van der Waals surface area contributed by atoms with Crippen molar-refractivity contribution >= 4 is 23.4 Å². The van der Waals surface area contributed by atoms with Crippen LogP contribution in [0.3, 0.4) is 0 Å². The topological polar surface area (TPSA) is 119 Å². The molecule has 0 bridgehead atoms. The predicted molar refractivity (Wildman–Crippen MR) is 127 cm³/mol. The lowest BCUT2D eigenvalue weighted by atomic mass is 10.1. The van der Waals surface area contributed by atoms with Gasteiger partial charge in [-0.05, 0) is 42.5 Å². The molecule has 0 radical (unpaired) electrons. The second kappa shape index (κ2) is 8.32. The summed E-state index contributed by atoms with van der Waals surface area (Å²) in [6, 6.07) is 19.4. The Balaban J connectivity index is 1.39. The van der Waals surface area contributed by atoms with Crippen LogP contribution in [0.4, 0.5) is 16.3 Å². The van der Waals surface area contributed by atoms with E-state index in [1.807, 2.05) is 36.4 Å². The molecule has 1 fully saturated rings. The quantitative estimate of drug-likeness (QED) is 0.495. The molecule has 4 aromatic rings. The van der Waals surface area contributed by atoms with Gasteiger partial charge in [0.15, 0.2) is 0 Å². The van der Waals surface area contributed by atoms with Crippen molar-refractivity contribution in [1.82, 2.24) is 19.3 Å². The van der Waals surface area contributed by atoms with E-state index >= 15 is 0 Å². The number of hydrogen-bond acceptors (Lipinski definition) is 5. The van der Waals surface area contributed by atoms with Crippen molar-refractivity contribution in [2.45, 2.75) is 0 Å². The average Bonchev–Trinajstić information content (AvgIpc) is 3.41. The van der Waals surface area contributed by atoms with E-state index in [1.165, 1.54) is 15.6 Å². The first-order valence-corrected chi connectivity index (χ1v) is 10.6. The van der Waals surface area contributed by atoms with Gasteiger partial charge in [-0.15, -0.1) is 0 Å². The maximum Gasteiger partial charge on any atom is 0.350 e. The molecular weight excluding hydrogens is 434 g/mol. The SMILES string of the molecule is Cn1ncn(-c2ccc(-c3cccc(N4CCN(c5cccc(C(N)=O)c5)C4=O)n3)cc2)c1=O. The predicted octanol–water partition coefficient (Wildman–Crippen LogP) is 2.18. The van der Waals surface area contributed by atoms with Crippen molar-refractivity contribution in [3.63, 3.8) is 0 Å². The molecule has 3 amide bonds. The van der Waals surface area contributed by atoms with Crippen LogP contribution < -0.4 is 21.2 Å². The van der Waals surface area contributed by atoms with Crippen molar-refractivity contribution in [3.05, 3.63) is 89.1 Å². The first-order chi connectivity index (χ1) is 16.4. The van der Waals surface area contributed by atoms with Gasteiger partial charge < -0.3 is 5.73 Å². The number of nitrogens with two attached hydrogens (primary N) is 1. The Labute approximate surface area is 194 Å². The summed E-state index contributed by atoms with van der Waals surface area (Å²) >= 11 is 0. The second-order valence-corrected chi connectivity index (χ2v) is 7.84. The zero-order valence-corrected chi connectivity index (χ0v) is 18.3. The van der Waals surface area contributed by atoms with Crippen LogP contribution in [0.5, 0.6) is 0 Å². The van der Waals surface area contributed by atoms with E-state index in [9.17, 15) is 14.4 Å². The highest BCUT2D eigenvalue weighted by molar-refractivity contribution is 6.06. The zero-order chi connectivity index (χ0) is 23.8. The summed E-state index contributed by atoms with van der Waals surface area (Å²) in [4.78, 5) is 44.6. The molecule has 0 saturated carbocycles. The molecule has 2 aromatic carbocycles. The van der Waals surface area contributed by atoms with Crippen molar-refractivity contribution in [1.29, 1.82) is 0 Å². The molecular formula is C24H21N7O3. The monoisotopic (exact) mass is 455 g/mol. The molecule has 3 heterocycles. The summed E-state index contributed by atoms with van der Waals surface area (Å²) in [6.07, 6.45) is 1.47. The zero-order valence-electron chi connectivity index (χ0n) is 18.3. The molecule has 10 heteroatoms. The van der Waals surface area contributed by atoms with Crippen molar-refractivity contribution in [2.75, 3.05) is 22.9 Å². The first kappa shape index (κ1) is 21.1. The van der Waals surface area contributed by atoms with Gasteiger partial charge in [-0.1, -0.05) is 24.3 Å². The fourth-order valence-corrected chi connectivity index (χ4v) is 3.90. The van der Waals surface area contributed by atoms with E-state index in [2.05, 4.69) is 5.10 Å². The molecule has 1 saturated heterocycles. The van der Waals surface area contributed by atoms with Crippen LogP contribution in [0.2, 0.25) is 0 Å². The lowest BCUT2D eigenvalue weighted by Gasteiger charge is -2.19. The van der Waals surface area contributed by atoms with Crippen LogP contribution in [-0.4, -0.2) is 44.4 Å². The molecule has 0 unspecified atom stereocenters. The van der Waals surface area contributed by atoms with Gasteiger partial charge in [-0.25, -0.2) is 23.8 Å². The highest BCUT2D eigenvalue weighted by atomic mass is 16.2. The standard InChI is InChI=1S/C24H21N7O3/c1-28-23(33)31(15-26-28)18-10-8-16(9-11-18)20-6-3-7-21(27-20)30-13-12-29(24(30)34)19-5-2-4-17(14-19)22(25)32/h2-11,14-15H,12-13H2,1H3,(H2,25,32). The summed E-state index contributed by atoms with van der Waals surface area (Å²) in [5, 5.41) is 3.97. The third-order valence-electron chi connectivity index (χ3n) is 5.73. The number of primary amides is 1. The number of aromatic nitrogens is 4. The summed E-state index contributed by atoms with van der Waals surface area (Å²) in [5.74, 6) is -0.0113. The number of carbonyl (C=O) groups excluding carboxylic acids is 2. The largest absolute Gasteiger partial charge is 0.366 e. The third-order valence-corrected chi connectivity index (χ3v) is 5.73. The van der Waals surface area contributed by atoms with E-state index in [0.29, 0.717) is 41.5 Å². The van der Waals surface area contributed by atoms with E-state index in [1.54, 1.807) is 47.2 Å². The van der Waals surface area contributed by atoms with Crippen LogP contribution in [0, 0.1) is 0 Å². The lowest BCUT2D eigenvalue weighted by Crippen LogP contribution is -2.32. The second-order valence-electron chi connectivity index (χ2n) is 7.84. The van der Waals surface area contributed by atoms with Gasteiger partial charge in [0.25, 0.3) is 0 Å². The molecule has 34 heavy (non-hydrogen) atoms. The van der Waals surface area contributed by atoms with Crippen LogP contribution in [0.15, 0.2) is 77.9 Å². The van der Waals surface area contributed by atoms with Gasteiger partial charge in [0.1, 0.15) is 12.1 Å². The van der Waals surface area contributed by atoms with E-state index in [-0.39, 0.29) is 11.7 Å². The number of amides is 3. The van der Waals surface area contributed by atoms with Crippen molar-refractivity contribution in [2.24, 2.45) is 12.8 Å². The molecule has 1 aliphatic rings. The first-order valence-electron chi connectivity index (χ1n) is 10.6. The molecule has 2 aromatic heterocycles. The number of benzene rings is 2. The Kier molecular flexibility index (Phi) is 5.17. The number of carbonyl (C=O) groups is 2. The molecule has 5 rings (SSSR count). The van der Waals surface area contributed by atoms with Crippen LogP contribution in [-0.2, 0) is 7.05 Å². The highest BCUT2D eigenvalue weighted by Gasteiger charge is 2.31. The fraction of sp³-hybridized carbons (Fsp3) is 0.125. The minimum absolute atomic E-state index is 0.224. The summed E-state index contributed by atoms with van der Waals surface area (Å²) < 4.78 is 2.72. The van der Waals surface area contributed by atoms with Gasteiger partial charge in [0, 0.05) is 37.0 Å². The Bertz CT molecular complexity index is 1460. The maximum absolute atomic E-state index is 13.1. The fourth-order valence-electron chi connectivity index (χ4n) is 3.90. The average molecular weight is 455 g/mol. The number of urea groups is 1.